The van der Waals surface area contributed by atoms with Crippen LogP contribution in [-0.2, 0) is 6.42 Å². The number of allylic oxidation sites excluding steroid dienone is 1. The third-order valence-electron chi connectivity index (χ3n) is 2.77. The monoisotopic (exact) mass is 267 g/mol. The second-order valence-corrected chi connectivity index (χ2v) is 5.93. The van der Waals surface area contributed by atoms with Crippen molar-refractivity contribution in [1.82, 2.24) is 5.32 Å². The molecule has 0 aliphatic carbocycles. The average Bonchev–Trinajstić information content (AvgIpc) is 2.28. The molecule has 0 amide bonds. The maximum Gasteiger partial charge on any atom is 0.126 e. The van der Waals surface area contributed by atoms with Crippen LogP contribution in [0.4, 0.5) is 8.78 Å². The van der Waals surface area contributed by atoms with Gasteiger partial charge < -0.3 is 5.32 Å². The number of nitrogens with one attached hydrogen (secondary N) is 1. The van der Waals surface area contributed by atoms with E-state index in [9.17, 15) is 8.78 Å². The maximum absolute atomic E-state index is 13.5. The van der Waals surface area contributed by atoms with Crippen LogP contribution < -0.4 is 5.32 Å². The highest BCUT2D eigenvalue weighted by Gasteiger charge is 2.07. The molecule has 106 valence electrons. The van der Waals surface area contributed by atoms with Gasteiger partial charge in [-0.1, -0.05) is 11.6 Å². The molecule has 0 heterocycles. The van der Waals surface area contributed by atoms with Crippen molar-refractivity contribution in [2.24, 2.45) is 0 Å². The molecule has 1 N–H and O–H groups in total. The van der Waals surface area contributed by atoms with E-state index < -0.39 is 5.82 Å². The van der Waals surface area contributed by atoms with E-state index in [1.807, 2.05) is 6.92 Å². The van der Waals surface area contributed by atoms with Crippen molar-refractivity contribution in [3.63, 3.8) is 0 Å². The summed E-state index contributed by atoms with van der Waals surface area (Å²) in [6, 6.07) is 3.59. The molecule has 3 heteroatoms. The summed E-state index contributed by atoms with van der Waals surface area (Å²) in [5.41, 5.74) is 1.58. The summed E-state index contributed by atoms with van der Waals surface area (Å²) >= 11 is 0. The Hall–Kier alpha value is -1.22. The minimum absolute atomic E-state index is 0.108. The minimum Gasteiger partial charge on any atom is -0.312 e. The first-order valence-corrected chi connectivity index (χ1v) is 6.62. The second kappa shape index (κ2) is 6.80. The van der Waals surface area contributed by atoms with Crippen LogP contribution in [0.1, 0.15) is 39.7 Å². The van der Waals surface area contributed by atoms with Gasteiger partial charge >= 0.3 is 0 Å². The summed E-state index contributed by atoms with van der Waals surface area (Å²) in [5, 5.41) is 3.38. The lowest BCUT2D eigenvalue weighted by atomic mass is 10.0. The van der Waals surface area contributed by atoms with Crippen molar-refractivity contribution in [3.8, 4) is 0 Å². The zero-order chi connectivity index (χ0) is 14.5. The van der Waals surface area contributed by atoms with Crippen LogP contribution in [0, 0.1) is 11.6 Å². The number of hydrogen-bond acceptors (Lipinski definition) is 1. The highest BCUT2D eigenvalue weighted by Crippen LogP contribution is 2.14. The molecule has 0 aliphatic heterocycles. The van der Waals surface area contributed by atoms with Gasteiger partial charge in [0.2, 0.25) is 0 Å². The summed E-state index contributed by atoms with van der Waals surface area (Å²) in [5.74, 6) is -0.736. The first kappa shape index (κ1) is 15.8. The van der Waals surface area contributed by atoms with E-state index in [-0.39, 0.29) is 11.4 Å². The molecule has 0 atom stereocenters. The molecular formula is C16H23F2N. The molecule has 1 rings (SSSR count). The summed E-state index contributed by atoms with van der Waals surface area (Å²) < 4.78 is 26.5. The van der Waals surface area contributed by atoms with E-state index >= 15 is 0 Å². The molecule has 1 aromatic carbocycles. The van der Waals surface area contributed by atoms with Crippen LogP contribution >= 0.6 is 0 Å². The number of hydrogen-bond donors (Lipinski definition) is 1. The Morgan fingerprint density at radius 1 is 1.26 bits per heavy atom. The quantitative estimate of drug-likeness (QED) is 0.622. The van der Waals surface area contributed by atoms with Gasteiger partial charge in [-0.2, -0.15) is 0 Å². The Kier molecular flexibility index (Phi) is 5.67. The van der Waals surface area contributed by atoms with Crippen molar-refractivity contribution < 1.29 is 8.78 Å². The van der Waals surface area contributed by atoms with Gasteiger partial charge in [-0.05, 0) is 70.8 Å². The van der Waals surface area contributed by atoms with Crippen LogP contribution in [-0.4, -0.2) is 12.1 Å². The van der Waals surface area contributed by atoms with E-state index in [0.29, 0.717) is 12.0 Å². The molecule has 1 aromatic rings. The summed E-state index contributed by atoms with van der Waals surface area (Å²) in [6.07, 6.45) is 3.42. The van der Waals surface area contributed by atoms with Crippen LogP contribution in [0.2, 0.25) is 0 Å². The number of halogens is 2. The number of rotatable bonds is 5. The van der Waals surface area contributed by atoms with E-state index in [1.54, 1.807) is 0 Å². The van der Waals surface area contributed by atoms with Gasteiger partial charge in [-0.15, -0.1) is 0 Å². The third-order valence-corrected chi connectivity index (χ3v) is 2.77. The van der Waals surface area contributed by atoms with Crippen molar-refractivity contribution in [1.29, 1.82) is 0 Å². The van der Waals surface area contributed by atoms with E-state index in [1.165, 1.54) is 12.1 Å². The van der Waals surface area contributed by atoms with Crippen molar-refractivity contribution in [3.05, 3.63) is 47.0 Å². The SMILES string of the molecule is CC(=CCCNC(C)(C)C)Cc1cc(F)ccc1F. The van der Waals surface area contributed by atoms with Gasteiger partial charge in [0.15, 0.2) is 0 Å². The molecule has 0 unspecified atom stereocenters. The summed E-state index contributed by atoms with van der Waals surface area (Å²) in [7, 11) is 0. The van der Waals surface area contributed by atoms with Crippen LogP contribution in [0.5, 0.6) is 0 Å². The smallest absolute Gasteiger partial charge is 0.126 e. The van der Waals surface area contributed by atoms with Crippen molar-refractivity contribution in [2.75, 3.05) is 6.54 Å². The van der Waals surface area contributed by atoms with E-state index in [2.05, 4.69) is 32.2 Å². The van der Waals surface area contributed by atoms with Crippen molar-refractivity contribution >= 4 is 0 Å². The van der Waals surface area contributed by atoms with Gasteiger partial charge in [0.25, 0.3) is 0 Å². The first-order chi connectivity index (χ1) is 8.78. The predicted octanol–water partition coefficient (Wildman–Crippen LogP) is 4.23. The fraction of sp³-hybridized carbons (Fsp3) is 0.500. The van der Waals surface area contributed by atoms with Gasteiger partial charge in [-0.3, -0.25) is 0 Å². The summed E-state index contributed by atoms with van der Waals surface area (Å²) in [6.45, 7) is 9.18. The zero-order valence-electron chi connectivity index (χ0n) is 12.2. The lowest BCUT2D eigenvalue weighted by Crippen LogP contribution is -2.36. The Morgan fingerprint density at radius 2 is 1.95 bits per heavy atom. The zero-order valence-corrected chi connectivity index (χ0v) is 12.2. The van der Waals surface area contributed by atoms with E-state index in [4.69, 9.17) is 0 Å². The van der Waals surface area contributed by atoms with Crippen molar-refractivity contribution in [2.45, 2.75) is 46.1 Å². The fourth-order valence-electron chi connectivity index (χ4n) is 1.82. The standard InChI is InChI=1S/C16H23F2N/c1-12(6-5-9-19-16(2,3)4)10-13-11-14(17)7-8-15(13)18/h6-8,11,19H,5,9-10H2,1-4H3. The fourth-order valence-corrected chi connectivity index (χ4v) is 1.82. The van der Waals surface area contributed by atoms with Gasteiger partial charge in [0, 0.05) is 5.54 Å². The molecule has 0 bridgehead atoms. The number of benzene rings is 1. The summed E-state index contributed by atoms with van der Waals surface area (Å²) in [4.78, 5) is 0. The van der Waals surface area contributed by atoms with Crippen LogP contribution in [0.15, 0.2) is 29.8 Å². The molecule has 0 saturated heterocycles. The molecule has 1 nitrogen and oxygen atoms in total. The average molecular weight is 267 g/mol. The first-order valence-electron chi connectivity index (χ1n) is 6.62. The second-order valence-electron chi connectivity index (χ2n) is 5.93. The van der Waals surface area contributed by atoms with Crippen LogP contribution in [0.3, 0.4) is 0 Å². The molecule has 0 saturated carbocycles. The molecule has 0 aliphatic rings. The molecule has 0 fully saturated rings. The Balaban J connectivity index is 2.50. The molecule has 0 aromatic heterocycles. The molecule has 0 spiro atoms. The minimum atomic E-state index is -0.390. The largest absolute Gasteiger partial charge is 0.312 e. The third kappa shape index (κ3) is 6.48. The lowest BCUT2D eigenvalue weighted by molar-refractivity contribution is 0.431. The van der Waals surface area contributed by atoms with Gasteiger partial charge in [0.05, 0.1) is 0 Å². The molecule has 0 radical (unpaired) electrons. The topological polar surface area (TPSA) is 12.0 Å². The lowest BCUT2D eigenvalue weighted by Gasteiger charge is -2.19. The highest BCUT2D eigenvalue weighted by atomic mass is 19.1. The van der Waals surface area contributed by atoms with Gasteiger partial charge in [-0.25, -0.2) is 8.78 Å². The predicted molar refractivity (Wildman–Crippen MR) is 76.2 cm³/mol. The normalized spacial score (nSPS) is 12.8. The highest BCUT2D eigenvalue weighted by molar-refractivity contribution is 5.23. The van der Waals surface area contributed by atoms with E-state index in [0.717, 1.165) is 24.6 Å². The van der Waals surface area contributed by atoms with Gasteiger partial charge in [0.1, 0.15) is 11.6 Å². The van der Waals surface area contributed by atoms with Crippen LogP contribution in [0.25, 0.3) is 0 Å². The Morgan fingerprint density at radius 3 is 2.58 bits per heavy atom. The maximum atomic E-state index is 13.5. The Labute approximate surface area is 114 Å². The molecular weight excluding hydrogens is 244 g/mol. The Bertz CT molecular complexity index is 445. The molecule has 19 heavy (non-hydrogen) atoms.